The fraction of sp³-hybridized carbons (Fsp3) is 0. The second-order valence-electron chi connectivity index (χ2n) is 11.2. The standard InChI is InChI=1S/C40H24N6O/c1-3-10-27(11-4-1)37-44-38(28-12-5-2-6-13-28)46-39(45-37)29-17-15-25(16-18-29)30-21-22-41-40-36(30)31-23-34(42-24-35(31)47-40)33-20-19-26-9-7-8-14-32(26)43-33/h1-24H. The number of aromatic nitrogens is 6. The van der Waals surface area contributed by atoms with E-state index in [1.165, 1.54) is 0 Å². The monoisotopic (exact) mass is 604 g/mol. The second kappa shape index (κ2) is 11.1. The normalized spacial score (nSPS) is 11.4. The van der Waals surface area contributed by atoms with E-state index >= 15 is 0 Å². The molecule has 0 aliphatic heterocycles. The van der Waals surface area contributed by atoms with Crippen molar-refractivity contribution in [1.82, 2.24) is 29.9 Å². The Labute approximate surface area is 269 Å². The molecule has 0 atom stereocenters. The summed E-state index contributed by atoms with van der Waals surface area (Å²) in [6, 6.07) is 44.5. The van der Waals surface area contributed by atoms with Crippen LogP contribution in [0.15, 0.2) is 150 Å². The Balaban J connectivity index is 1.13. The summed E-state index contributed by atoms with van der Waals surface area (Å²) in [4.78, 5) is 28.7. The molecule has 0 fully saturated rings. The lowest BCUT2D eigenvalue weighted by atomic mass is 10.00. The van der Waals surface area contributed by atoms with Crippen LogP contribution in [0.1, 0.15) is 0 Å². The number of benzene rings is 4. The number of furan rings is 1. The molecule has 0 amide bonds. The maximum Gasteiger partial charge on any atom is 0.227 e. The molecule has 47 heavy (non-hydrogen) atoms. The third-order valence-corrected chi connectivity index (χ3v) is 8.27. The van der Waals surface area contributed by atoms with E-state index in [-0.39, 0.29) is 0 Å². The van der Waals surface area contributed by atoms with Gasteiger partial charge in [0.25, 0.3) is 0 Å². The van der Waals surface area contributed by atoms with E-state index in [2.05, 4.69) is 46.4 Å². The van der Waals surface area contributed by atoms with Crippen LogP contribution in [0.3, 0.4) is 0 Å². The largest absolute Gasteiger partial charge is 0.436 e. The van der Waals surface area contributed by atoms with Crippen LogP contribution in [0, 0.1) is 0 Å². The fourth-order valence-electron chi connectivity index (χ4n) is 5.93. The first-order chi connectivity index (χ1) is 23.3. The topological polar surface area (TPSA) is 90.5 Å². The van der Waals surface area contributed by atoms with Crippen LogP contribution >= 0.6 is 0 Å². The number of pyridine rings is 3. The lowest BCUT2D eigenvalue weighted by molar-refractivity contribution is 0.652. The molecule has 0 N–H and O–H groups in total. The summed E-state index contributed by atoms with van der Waals surface area (Å²) in [5.74, 6) is 1.87. The molecule has 5 aromatic heterocycles. The smallest absolute Gasteiger partial charge is 0.227 e. The molecule has 9 aromatic rings. The predicted octanol–water partition coefficient (Wildman–Crippen LogP) is 9.44. The van der Waals surface area contributed by atoms with E-state index in [9.17, 15) is 0 Å². The molecule has 0 spiro atoms. The molecule has 9 rings (SSSR count). The number of para-hydroxylation sites is 1. The van der Waals surface area contributed by atoms with Crippen molar-refractivity contribution in [3.8, 4) is 56.7 Å². The van der Waals surface area contributed by atoms with Gasteiger partial charge in [0.05, 0.1) is 28.5 Å². The highest BCUT2D eigenvalue weighted by molar-refractivity contribution is 6.11. The zero-order valence-corrected chi connectivity index (χ0v) is 24.9. The SMILES string of the molecule is c1ccc(-c2nc(-c3ccccc3)nc(-c3ccc(-c4ccnc5oc6cnc(-c7ccc8ccccc8n7)cc6c45)cc3)n2)cc1. The van der Waals surface area contributed by atoms with E-state index in [0.717, 1.165) is 60.9 Å². The van der Waals surface area contributed by atoms with Gasteiger partial charge in [-0.1, -0.05) is 109 Å². The number of nitrogens with zero attached hydrogens (tertiary/aromatic N) is 6. The minimum Gasteiger partial charge on any atom is -0.436 e. The summed E-state index contributed by atoms with van der Waals surface area (Å²) < 4.78 is 6.16. The summed E-state index contributed by atoms with van der Waals surface area (Å²) in [7, 11) is 0. The molecular formula is C40H24N6O. The van der Waals surface area contributed by atoms with Gasteiger partial charge in [0, 0.05) is 33.7 Å². The van der Waals surface area contributed by atoms with E-state index in [1.54, 1.807) is 12.4 Å². The van der Waals surface area contributed by atoms with Crippen molar-refractivity contribution in [2.75, 3.05) is 0 Å². The van der Waals surface area contributed by atoms with Crippen molar-refractivity contribution < 1.29 is 4.42 Å². The molecule has 0 aliphatic rings. The molecule has 0 aliphatic carbocycles. The van der Waals surface area contributed by atoms with Gasteiger partial charge in [-0.3, -0.25) is 4.98 Å². The molecule has 7 heteroatoms. The molecule has 7 nitrogen and oxygen atoms in total. The quantitative estimate of drug-likeness (QED) is 0.193. The second-order valence-corrected chi connectivity index (χ2v) is 11.2. The van der Waals surface area contributed by atoms with E-state index in [4.69, 9.17) is 24.4 Å². The van der Waals surface area contributed by atoms with Crippen molar-refractivity contribution in [1.29, 1.82) is 0 Å². The Bertz CT molecular complexity index is 2510. The van der Waals surface area contributed by atoms with Gasteiger partial charge < -0.3 is 4.42 Å². The summed E-state index contributed by atoms with van der Waals surface area (Å²) >= 11 is 0. The van der Waals surface area contributed by atoms with Crippen molar-refractivity contribution in [2.24, 2.45) is 0 Å². The van der Waals surface area contributed by atoms with Gasteiger partial charge in [-0.2, -0.15) is 0 Å². The van der Waals surface area contributed by atoms with Crippen molar-refractivity contribution >= 4 is 33.0 Å². The van der Waals surface area contributed by atoms with Gasteiger partial charge in [0.2, 0.25) is 5.71 Å². The predicted molar refractivity (Wildman–Crippen MR) is 185 cm³/mol. The van der Waals surface area contributed by atoms with E-state index in [0.29, 0.717) is 28.8 Å². The zero-order valence-electron chi connectivity index (χ0n) is 24.9. The molecule has 0 unspecified atom stereocenters. The Morgan fingerprint density at radius 2 is 1.09 bits per heavy atom. The highest BCUT2D eigenvalue weighted by Crippen LogP contribution is 2.37. The molecule has 220 valence electrons. The highest BCUT2D eigenvalue weighted by atomic mass is 16.3. The van der Waals surface area contributed by atoms with Crippen LogP contribution in [0.4, 0.5) is 0 Å². The Hall–Kier alpha value is -6.60. The fourth-order valence-corrected chi connectivity index (χ4v) is 5.93. The molecule has 0 bridgehead atoms. The Morgan fingerprint density at radius 3 is 1.79 bits per heavy atom. The number of hydrogen-bond donors (Lipinski definition) is 0. The molecule has 0 saturated heterocycles. The lowest BCUT2D eigenvalue weighted by Gasteiger charge is -2.09. The van der Waals surface area contributed by atoms with Crippen LogP contribution in [0.5, 0.6) is 0 Å². The number of rotatable bonds is 5. The first kappa shape index (κ1) is 26.8. The van der Waals surface area contributed by atoms with Crippen LogP contribution in [0.25, 0.3) is 89.7 Å². The molecule has 4 aromatic carbocycles. The van der Waals surface area contributed by atoms with Gasteiger partial charge >= 0.3 is 0 Å². The molecule has 0 radical (unpaired) electrons. The highest BCUT2D eigenvalue weighted by Gasteiger charge is 2.17. The first-order valence-electron chi connectivity index (χ1n) is 15.3. The van der Waals surface area contributed by atoms with Crippen molar-refractivity contribution in [3.63, 3.8) is 0 Å². The maximum atomic E-state index is 6.16. The maximum absolute atomic E-state index is 6.16. The average Bonchev–Trinajstić information content (AvgIpc) is 3.53. The van der Waals surface area contributed by atoms with Gasteiger partial charge in [-0.25, -0.2) is 24.9 Å². The minimum atomic E-state index is 0.560. The van der Waals surface area contributed by atoms with Gasteiger partial charge in [-0.15, -0.1) is 0 Å². The van der Waals surface area contributed by atoms with Crippen LogP contribution < -0.4 is 0 Å². The van der Waals surface area contributed by atoms with Crippen LogP contribution in [0.2, 0.25) is 0 Å². The van der Waals surface area contributed by atoms with E-state index in [1.807, 2.05) is 97.1 Å². The summed E-state index contributed by atoms with van der Waals surface area (Å²) in [5.41, 5.74) is 8.52. The zero-order chi connectivity index (χ0) is 31.2. The molecule has 0 saturated carbocycles. The average molecular weight is 605 g/mol. The van der Waals surface area contributed by atoms with Crippen LogP contribution in [-0.4, -0.2) is 29.9 Å². The van der Waals surface area contributed by atoms with Crippen molar-refractivity contribution in [3.05, 3.63) is 146 Å². The minimum absolute atomic E-state index is 0.560. The van der Waals surface area contributed by atoms with Gasteiger partial charge in [0.1, 0.15) is 0 Å². The molecular weight excluding hydrogens is 580 g/mol. The first-order valence-corrected chi connectivity index (χ1v) is 15.3. The Kier molecular flexibility index (Phi) is 6.31. The molecule has 5 heterocycles. The van der Waals surface area contributed by atoms with Crippen LogP contribution in [-0.2, 0) is 0 Å². The lowest BCUT2D eigenvalue weighted by Crippen LogP contribution is -2.00. The third-order valence-electron chi connectivity index (χ3n) is 8.27. The van der Waals surface area contributed by atoms with Gasteiger partial charge in [0.15, 0.2) is 23.1 Å². The van der Waals surface area contributed by atoms with Crippen molar-refractivity contribution in [2.45, 2.75) is 0 Å². The van der Waals surface area contributed by atoms with E-state index < -0.39 is 0 Å². The van der Waals surface area contributed by atoms with Gasteiger partial charge in [-0.05, 0) is 35.4 Å². The third kappa shape index (κ3) is 4.87. The Morgan fingerprint density at radius 1 is 0.468 bits per heavy atom. The number of fused-ring (bicyclic) bond motifs is 4. The number of hydrogen-bond acceptors (Lipinski definition) is 7. The summed E-state index contributed by atoms with van der Waals surface area (Å²) in [5, 5.41) is 2.95. The summed E-state index contributed by atoms with van der Waals surface area (Å²) in [6.45, 7) is 0. The summed E-state index contributed by atoms with van der Waals surface area (Å²) in [6.07, 6.45) is 3.53.